The van der Waals surface area contributed by atoms with E-state index in [1.165, 1.54) is 43.4 Å². The third-order valence-corrected chi connectivity index (χ3v) is 7.75. The molecule has 1 fully saturated rings. The summed E-state index contributed by atoms with van der Waals surface area (Å²) in [5, 5.41) is 1.55. The van der Waals surface area contributed by atoms with E-state index in [0.29, 0.717) is 25.8 Å². The molecule has 0 bridgehead atoms. The maximum atomic E-state index is 12.7. The molecule has 152 valence electrons. The van der Waals surface area contributed by atoms with Crippen LogP contribution in [0.3, 0.4) is 0 Å². The zero-order valence-electron chi connectivity index (χ0n) is 15.8. The van der Waals surface area contributed by atoms with Crippen LogP contribution in [0.25, 0.3) is 11.0 Å². The second-order valence-electron chi connectivity index (χ2n) is 7.08. The molecule has 1 aliphatic rings. The predicted molar refractivity (Wildman–Crippen MR) is 118 cm³/mol. The molecule has 0 amide bonds. The van der Waals surface area contributed by atoms with E-state index in [2.05, 4.69) is 0 Å². The number of ether oxygens (including phenoxy) is 1. The summed E-state index contributed by atoms with van der Waals surface area (Å²) in [4.78, 5) is 25.4. The number of thioether (sulfide) groups is 1. The van der Waals surface area contributed by atoms with Gasteiger partial charge in [-0.2, -0.15) is 11.8 Å². The van der Waals surface area contributed by atoms with Crippen molar-refractivity contribution in [1.29, 1.82) is 0 Å². The highest BCUT2D eigenvalue weighted by Gasteiger charge is 2.24. The summed E-state index contributed by atoms with van der Waals surface area (Å²) in [5.41, 5.74) is 1.52. The fourth-order valence-electron chi connectivity index (χ4n) is 3.57. The van der Waals surface area contributed by atoms with Crippen molar-refractivity contribution in [2.24, 2.45) is 0 Å². The summed E-state index contributed by atoms with van der Waals surface area (Å²) in [6, 6.07) is 10.9. The van der Waals surface area contributed by atoms with E-state index in [9.17, 15) is 9.59 Å². The first kappa shape index (κ1) is 20.5. The Balaban J connectivity index is 1.49. The Bertz CT molecular complexity index is 1020. The Morgan fingerprint density at radius 2 is 1.93 bits per heavy atom. The molecule has 0 unspecified atom stereocenters. The molecular weight excluding hydrogens is 428 g/mol. The summed E-state index contributed by atoms with van der Waals surface area (Å²) in [6.45, 7) is -0.331. The quantitative estimate of drug-likeness (QED) is 0.295. The van der Waals surface area contributed by atoms with Crippen molar-refractivity contribution < 1.29 is 18.7 Å². The van der Waals surface area contributed by atoms with Crippen molar-refractivity contribution >= 4 is 57.4 Å². The molecule has 0 N–H and O–H groups in total. The number of carbonyl (C=O) groups excluding carboxylic acids is 2. The molecule has 7 heteroatoms. The van der Waals surface area contributed by atoms with Crippen LogP contribution in [0.1, 0.15) is 57.9 Å². The van der Waals surface area contributed by atoms with Gasteiger partial charge in [-0.05, 0) is 31.0 Å². The number of furan rings is 1. The molecule has 1 aliphatic carbocycles. The fourth-order valence-corrected chi connectivity index (χ4v) is 5.89. The zero-order valence-corrected chi connectivity index (χ0v) is 18.2. The third-order valence-electron chi connectivity index (χ3n) is 5.08. The monoisotopic (exact) mass is 448 g/mol. The molecule has 4 nitrogen and oxygen atoms in total. The molecule has 2 aromatic heterocycles. The van der Waals surface area contributed by atoms with E-state index in [-0.39, 0.29) is 18.2 Å². The van der Waals surface area contributed by atoms with Gasteiger partial charge in [-0.3, -0.25) is 4.79 Å². The van der Waals surface area contributed by atoms with E-state index in [1.807, 2.05) is 36.0 Å². The highest BCUT2D eigenvalue weighted by Crippen LogP contribution is 2.35. The van der Waals surface area contributed by atoms with Crippen LogP contribution in [0.4, 0.5) is 0 Å². The molecule has 1 saturated carbocycles. The Hall–Kier alpha value is -1.76. The van der Waals surface area contributed by atoms with E-state index >= 15 is 0 Å². The van der Waals surface area contributed by atoms with Gasteiger partial charge >= 0.3 is 5.97 Å². The van der Waals surface area contributed by atoms with Crippen molar-refractivity contribution in [3.05, 3.63) is 56.9 Å². The average Bonchev–Trinajstić information content (AvgIpc) is 3.34. The van der Waals surface area contributed by atoms with Crippen molar-refractivity contribution in [1.82, 2.24) is 0 Å². The number of hydrogen-bond acceptors (Lipinski definition) is 6. The number of para-hydroxylation sites is 1. The van der Waals surface area contributed by atoms with Crippen LogP contribution in [0.2, 0.25) is 4.34 Å². The molecule has 0 spiro atoms. The number of esters is 1. The molecule has 1 aromatic carbocycles. The number of halogens is 1. The Morgan fingerprint density at radius 1 is 1.14 bits per heavy atom. The highest BCUT2D eigenvalue weighted by molar-refractivity contribution is 7.99. The number of hydrogen-bond donors (Lipinski definition) is 0. The normalized spacial score (nSPS) is 14.9. The Labute approximate surface area is 182 Å². The van der Waals surface area contributed by atoms with Gasteiger partial charge in [0.15, 0.2) is 6.61 Å². The average molecular weight is 449 g/mol. The molecule has 0 atom stereocenters. The van der Waals surface area contributed by atoms with E-state index in [4.69, 9.17) is 20.8 Å². The van der Waals surface area contributed by atoms with Gasteiger partial charge in [-0.15, -0.1) is 11.3 Å². The smallest absolute Gasteiger partial charge is 0.375 e. The van der Waals surface area contributed by atoms with Crippen molar-refractivity contribution in [3.63, 3.8) is 0 Å². The number of carbonyl (C=O) groups is 2. The molecule has 0 radical (unpaired) electrons. The number of ketones is 1. The standard InChI is InChI=1S/C22H21ClO4S2/c23-20-11-10-19(29-20)17(24)12-26-22(25)21-16(13-28-14-6-2-1-3-7-14)15-8-4-5-9-18(15)27-21/h4-5,8-11,14H,1-3,6-7,12-13H2. The third kappa shape index (κ3) is 4.87. The topological polar surface area (TPSA) is 56.5 Å². The van der Waals surface area contributed by atoms with Gasteiger partial charge in [0.25, 0.3) is 0 Å². The van der Waals surface area contributed by atoms with Crippen LogP contribution in [0.5, 0.6) is 0 Å². The summed E-state index contributed by atoms with van der Waals surface area (Å²) in [7, 11) is 0. The van der Waals surface area contributed by atoms with Crippen molar-refractivity contribution in [2.45, 2.75) is 43.1 Å². The highest BCUT2D eigenvalue weighted by atomic mass is 35.5. The summed E-state index contributed by atoms with van der Waals surface area (Å²) in [5.74, 6) is 0.0214. The minimum atomic E-state index is -0.601. The van der Waals surface area contributed by atoms with Gasteiger partial charge in [-0.1, -0.05) is 49.1 Å². The molecular formula is C22H21ClO4S2. The van der Waals surface area contributed by atoms with Crippen molar-refractivity contribution in [2.75, 3.05) is 6.61 Å². The van der Waals surface area contributed by atoms with E-state index in [1.54, 1.807) is 12.1 Å². The van der Waals surface area contributed by atoms with Crippen LogP contribution in [-0.4, -0.2) is 23.6 Å². The van der Waals surface area contributed by atoms with Crippen LogP contribution in [0.15, 0.2) is 40.8 Å². The lowest BCUT2D eigenvalue weighted by Crippen LogP contribution is -2.14. The second-order valence-corrected chi connectivity index (χ2v) is 10.1. The van der Waals surface area contributed by atoms with E-state index < -0.39 is 5.97 Å². The SMILES string of the molecule is O=C(COC(=O)c1oc2ccccc2c1CSC1CCCCC1)c1ccc(Cl)s1. The zero-order chi connectivity index (χ0) is 20.2. The Morgan fingerprint density at radius 3 is 2.69 bits per heavy atom. The first-order valence-electron chi connectivity index (χ1n) is 9.69. The molecule has 4 rings (SSSR count). The number of fused-ring (bicyclic) bond motifs is 1. The molecule has 0 aliphatic heterocycles. The summed E-state index contributed by atoms with van der Waals surface area (Å²) < 4.78 is 11.6. The lowest BCUT2D eigenvalue weighted by atomic mass is 10.0. The lowest BCUT2D eigenvalue weighted by molar-refractivity contribution is 0.0446. The van der Waals surface area contributed by atoms with Crippen molar-refractivity contribution in [3.8, 4) is 0 Å². The number of rotatable bonds is 7. The van der Waals surface area contributed by atoms with E-state index in [0.717, 1.165) is 10.9 Å². The fraction of sp³-hybridized carbons (Fsp3) is 0.364. The van der Waals surface area contributed by atoms with Gasteiger partial charge in [0.2, 0.25) is 11.5 Å². The molecule has 2 heterocycles. The van der Waals surface area contributed by atoms with Crippen LogP contribution in [0, 0.1) is 0 Å². The van der Waals surface area contributed by atoms with Crippen LogP contribution < -0.4 is 0 Å². The van der Waals surface area contributed by atoms with Gasteiger partial charge in [0, 0.05) is 22.0 Å². The van der Waals surface area contributed by atoms with Crippen LogP contribution >= 0.6 is 34.7 Å². The molecule has 0 saturated heterocycles. The number of benzene rings is 1. The first-order chi connectivity index (χ1) is 14.1. The maximum Gasteiger partial charge on any atom is 0.375 e. The van der Waals surface area contributed by atoms with Crippen LogP contribution in [-0.2, 0) is 10.5 Å². The lowest BCUT2D eigenvalue weighted by Gasteiger charge is -2.20. The number of thiophene rings is 1. The Kier molecular flexibility index (Phi) is 6.63. The summed E-state index contributed by atoms with van der Waals surface area (Å²) >= 11 is 8.92. The minimum absolute atomic E-state index is 0.200. The van der Waals surface area contributed by atoms with Gasteiger partial charge < -0.3 is 9.15 Å². The van der Waals surface area contributed by atoms with Gasteiger partial charge in [0.05, 0.1) is 9.21 Å². The molecule has 29 heavy (non-hydrogen) atoms. The number of Topliss-reactive ketones (excluding diaryl/α,β-unsaturated/α-hetero) is 1. The first-order valence-corrected chi connectivity index (χ1v) is 11.9. The van der Waals surface area contributed by atoms with Gasteiger partial charge in [0.1, 0.15) is 5.58 Å². The second kappa shape index (κ2) is 9.37. The predicted octanol–water partition coefficient (Wildman–Crippen LogP) is 6.75. The largest absolute Gasteiger partial charge is 0.451 e. The molecule has 3 aromatic rings. The van der Waals surface area contributed by atoms with Gasteiger partial charge in [-0.25, -0.2) is 4.79 Å². The summed E-state index contributed by atoms with van der Waals surface area (Å²) in [6.07, 6.45) is 6.30. The minimum Gasteiger partial charge on any atom is -0.451 e. The maximum absolute atomic E-state index is 12.7.